The SMILES string of the molecule is C=C/C(=C\C=C/C)n1cc(N)nn1. The maximum absolute atomic E-state index is 5.43. The van der Waals surface area contributed by atoms with Gasteiger partial charge in [-0.05, 0) is 19.1 Å². The first-order chi connectivity index (χ1) is 6.27. The first kappa shape index (κ1) is 9.25. The Labute approximate surface area is 77.1 Å². The Morgan fingerprint density at radius 3 is 2.92 bits per heavy atom. The third-order valence-electron chi connectivity index (χ3n) is 1.44. The van der Waals surface area contributed by atoms with Crippen LogP contribution in [0.25, 0.3) is 5.70 Å². The van der Waals surface area contributed by atoms with Crippen molar-refractivity contribution in [1.82, 2.24) is 15.0 Å². The lowest BCUT2D eigenvalue weighted by Gasteiger charge is -1.97. The fraction of sp³-hybridized carbons (Fsp3) is 0.111. The van der Waals surface area contributed by atoms with E-state index in [0.29, 0.717) is 5.82 Å². The molecule has 13 heavy (non-hydrogen) atoms. The fourth-order valence-corrected chi connectivity index (χ4v) is 0.836. The monoisotopic (exact) mass is 176 g/mol. The van der Waals surface area contributed by atoms with Crippen molar-refractivity contribution < 1.29 is 0 Å². The normalized spacial score (nSPS) is 12.2. The number of hydrogen-bond donors (Lipinski definition) is 1. The van der Waals surface area contributed by atoms with E-state index in [1.807, 2.05) is 25.2 Å². The molecule has 4 heteroatoms. The summed E-state index contributed by atoms with van der Waals surface area (Å²) in [6.07, 6.45) is 9.02. The third-order valence-corrected chi connectivity index (χ3v) is 1.44. The second-order valence-corrected chi connectivity index (χ2v) is 2.41. The number of hydrogen-bond acceptors (Lipinski definition) is 3. The van der Waals surface area contributed by atoms with Crippen LogP contribution in [0.1, 0.15) is 6.92 Å². The molecule has 0 bridgehead atoms. The number of allylic oxidation sites excluding steroid dienone is 5. The largest absolute Gasteiger partial charge is 0.381 e. The number of nitrogens with two attached hydrogens (primary N) is 1. The van der Waals surface area contributed by atoms with Gasteiger partial charge in [0.25, 0.3) is 0 Å². The zero-order valence-electron chi connectivity index (χ0n) is 7.51. The molecule has 0 saturated carbocycles. The second kappa shape index (κ2) is 4.25. The molecular formula is C9H12N4. The van der Waals surface area contributed by atoms with E-state index in [9.17, 15) is 0 Å². The second-order valence-electron chi connectivity index (χ2n) is 2.41. The maximum atomic E-state index is 5.43. The van der Waals surface area contributed by atoms with E-state index in [1.54, 1.807) is 17.0 Å². The van der Waals surface area contributed by atoms with Crippen LogP contribution in [-0.2, 0) is 0 Å². The van der Waals surface area contributed by atoms with Gasteiger partial charge >= 0.3 is 0 Å². The summed E-state index contributed by atoms with van der Waals surface area (Å²) in [6, 6.07) is 0. The topological polar surface area (TPSA) is 56.7 Å². The van der Waals surface area contributed by atoms with E-state index in [4.69, 9.17) is 5.73 Å². The molecule has 0 aromatic carbocycles. The van der Waals surface area contributed by atoms with Crippen LogP contribution in [0.3, 0.4) is 0 Å². The van der Waals surface area contributed by atoms with Crippen LogP contribution in [0.2, 0.25) is 0 Å². The van der Waals surface area contributed by atoms with Crippen LogP contribution >= 0.6 is 0 Å². The predicted octanol–water partition coefficient (Wildman–Crippen LogP) is 1.46. The van der Waals surface area contributed by atoms with Gasteiger partial charge in [-0.1, -0.05) is 23.9 Å². The Bertz CT molecular complexity index is 346. The summed E-state index contributed by atoms with van der Waals surface area (Å²) < 4.78 is 1.57. The van der Waals surface area contributed by atoms with Crippen molar-refractivity contribution in [2.45, 2.75) is 6.92 Å². The summed E-state index contributed by atoms with van der Waals surface area (Å²) in [5.41, 5.74) is 6.26. The number of nitrogen functional groups attached to an aromatic ring is 1. The van der Waals surface area contributed by atoms with Crippen molar-refractivity contribution >= 4 is 11.5 Å². The predicted molar refractivity (Wildman–Crippen MR) is 53.7 cm³/mol. The highest BCUT2D eigenvalue weighted by molar-refractivity contribution is 5.57. The van der Waals surface area contributed by atoms with Crippen molar-refractivity contribution in [2.24, 2.45) is 0 Å². The average molecular weight is 176 g/mol. The van der Waals surface area contributed by atoms with E-state index >= 15 is 0 Å². The Kier molecular flexibility index (Phi) is 3.03. The standard InChI is InChI=1S/C9H12N4/c1-3-5-6-8(4-2)13-7-9(10)11-12-13/h3-7H,2,10H2,1H3/b5-3-,8-6+. The van der Waals surface area contributed by atoms with Gasteiger partial charge in [-0.2, -0.15) is 0 Å². The first-order valence-corrected chi connectivity index (χ1v) is 3.91. The van der Waals surface area contributed by atoms with Crippen molar-refractivity contribution in [3.8, 4) is 0 Å². The highest BCUT2D eigenvalue weighted by atomic mass is 15.4. The van der Waals surface area contributed by atoms with E-state index in [-0.39, 0.29) is 0 Å². The Morgan fingerprint density at radius 1 is 1.69 bits per heavy atom. The van der Waals surface area contributed by atoms with Gasteiger partial charge in [0.05, 0.1) is 11.9 Å². The van der Waals surface area contributed by atoms with E-state index < -0.39 is 0 Å². The molecule has 0 aliphatic heterocycles. The number of anilines is 1. The molecule has 1 aromatic heterocycles. The summed E-state index contributed by atoms with van der Waals surface area (Å²) >= 11 is 0. The van der Waals surface area contributed by atoms with Gasteiger partial charge in [0.1, 0.15) is 0 Å². The molecule has 1 rings (SSSR count). The van der Waals surface area contributed by atoms with Crippen LogP contribution in [0.5, 0.6) is 0 Å². The van der Waals surface area contributed by atoms with Crippen molar-refractivity contribution in [1.29, 1.82) is 0 Å². The summed E-state index contributed by atoms with van der Waals surface area (Å²) in [5.74, 6) is 0.397. The molecule has 0 amide bonds. The number of nitrogens with zero attached hydrogens (tertiary/aromatic N) is 3. The molecular weight excluding hydrogens is 164 g/mol. The van der Waals surface area contributed by atoms with Crippen molar-refractivity contribution in [3.05, 3.63) is 37.1 Å². The van der Waals surface area contributed by atoms with Crippen LogP contribution in [0, 0.1) is 0 Å². The molecule has 1 aromatic rings. The molecule has 0 spiro atoms. The fourth-order valence-electron chi connectivity index (χ4n) is 0.836. The van der Waals surface area contributed by atoms with Crippen LogP contribution in [0.15, 0.2) is 37.1 Å². The van der Waals surface area contributed by atoms with Crippen LogP contribution in [0.4, 0.5) is 5.82 Å². The molecule has 0 saturated heterocycles. The molecule has 0 unspecified atom stereocenters. The minimum atomic E-state index is 0.397. The molecule has 68 valence electrons. The molecule has 0 aliphatic carbocycles. The van der Waals surface area contributed by atoms with Gasteiger partial charge in [0, 0.05) is 0 Å². The molecule has 0 fully saturated rings. The number of rotatable bonds is 3. The maximum Gasteiger partial charge on any atom is 0.166 e. The lowest BCUT2D eigenvalue weighted by atomic mass is 10.3. The highest BCUT2D eigenvalue weighted by Gasteiger charge is 1.97. The number of aromatic nitrogens is 3. The van der Waals surface area contributed by atoms with Gasteiger partial charge < -0.3 is 5.73 Å². The minimum Gasteiger partial charge on any atom is -0.381 e. The lowest BCUT2D eigenvalue weighted by molar-refractivity contribution is 0.825. The van der Waals surface area contributed by atoms with E-state index in [1.165, 1.54) is 0 Å². The molecule has 2 N–H and O–H groups in total. The Morgan fingerprint density at radius 2 is 2.46 bits per heavy atom. The molecule has 1 heterocycles. The molecule has 4 nitrogen and oxygen atoms in total. The molecule has 0 atom stereocenters. The van der Waals surface area contributed by atoms with Crippen LogP contribution < -0.4 is 5.73 Å². The molecule has 0 aliphatic rings. The molecule has 0 radical (unpaired) electrons. The van der Waals surface area contributed by atoms with Gasteiger partial charge in [-0.15, -0.1) is 5.10 Å². The Balaban J connectivity index is 2.96. The van der Waals surface area contributed by atoms with Gasteiger partial charge in [-0.25, -0.2) is 4.68 Å². The zero-order valence-corrected chi connectivity index (χ0v) is 7.51. The quantitative estimate of drug-likeness (QED) is 0.709. The van der Waals surface area contributed by atoms with Gasteiger partial charge in [0.15, 0.2) is 5.82 Å². The van der Waals surface area contributed by atoms with Crippen LogP contribution in [-0.4, -0.2) is 15.0 Å². The first-order valence-electron chi connectivity index (χ1n) is 3.91. The zero-order chi connectivity index (χ0) is 9.68. The Hall–Kier alpha value is -1.84. The summed E-state index contributed by atoms with van der Waals surface area (Å²) in [5, 5.41) is 7.48. The average Bonchev–Trinajstić information content (AvgIpc) is 2.54. The summed E-state index contributed by atoms with van der Waals surface area (Å²) in [4.78, 5) is 0. The van der Waals surface area contributed by atoms with E-state index in [0.717, 1.165) is 5.70 Å². The lowest BCUT2D eigenvalue weighted by Crippen LogP contribution is -1.94. The highest BCUT2D eigenvalue weighted by Crippen LogP contribution is 2.05. The summed E-state index contributed by atoms with van der Waals surface area (Å²) in [6.45, 7) is 5.61. The third kappa shape index (κ3) is 2.30. The summed E-state index contributed by atoms with van der Waals surface area (Å²) in [7, 11) is 0. The minimum absolute atomic E-state index is 0.397. The van der Waals surface area contributed by atoms with Crippen molar-refractivity contribution in [3.63, 3.8) is 0 Å². The smallest absolute Gasteiger partial charge is 0.166 e. The van der Waals surface area contributed by atoms with Crippen molar-refractivity contribution in [2.75, 3.05) is 5.73 Å². The van der Waals surface area contributed by atoms with Gasteiger partial charge in [0.2, 0.25) is 0 Å². The van der Waals surface area contributed by atoms with E-state index in [2.05, 4.69) is 16.9 Å². The van der Waals surface area contributed by atoms with Gasteiger partial charge in [-0.3, -0.25) is 0 Å².